The van der Waals surface area contributed by atoms with Crippen molar-refractivity contribution in [3.05, 3.63) is 5.21 Å². The van der Waals surface area contributed by atoms with E-state index in [0.717, 1.165) is 0 Å². The Morgan fingerprint density at radius 1 is 1.86 bits per heavy atom. The third-order valence-electron chi connectivity index (χ3n) is 0.576. The molecule has 0 saturated carbocycles. The Kier molecular flexibility index (Phi) is 0.867. The molecule has 0 spiro atoms. The SMILES string of the molecule is [O-][N+]1=CC=NC1=S. The topological polar surface area (TPSA) is 38.4 Å². The van der Waals surface area contributed by atoms with Gasteiger partial charge in [0.2, 0.25) is 0 Å². The minimum absolute atomic E-state index is 0.0833. The van der Waals surface area contributed by atoms with Crippen molar-refractivity contribution in [2.45, 2.75) is 0 Å². The van der Waals surface area contributed by atoms with Gasteiger partial charge in [0.05, 0.1) is 0 Å². The summed E-state index contributed by atoms with van der Waals surface area (Å²) in [6.45, 7) is 0. The lowest BCUT2D eigenvalue weighted by Gasteiger charge is -1.93. The zero-order chi connectivity index (χ0) is 5.28. The number of hydrogen-bond acceptors (Lipinski definition) is 2. The lowest BCUT2D eigenvalue weighted by molar-refractivity contribution is -0.311. The average molecular weight is 114 g/mol. The molecule has 0 aliphatic carbocycles. The largest absolute Gasteiger partial charge is 0.710 e. The smallest absolute Gasteiger partial charge is 0.395 e. The summed E-state index contributed by atoms with van der Waals surface area (Å²) in [7, 11) is 0. The first-order valence-electron chi connectivity index (χ1n) is 1.68. The highest BCUT2D eigenvalue weighted by Crippen LogP contribution is 1.84. The molecule has 0 aromatic rings. The summed E-state index contributed by atoms with van der Waals surface area (Å²) >= 11 is 4.43. The van der Waals surface area contributed by atoms with Crippen LogP contribution in [0.1, 0.15) is 0 Å². The molecule has 36 valence electrons. The zero-order valence-corrected chi connectivity index (χ0v) is 4.18. The van der Waals surface area contributed by atoms with Crippen LogP contribution in [0.2, 0.25) is 0 Å². The molecule has 0 radical (unpaired) electrons. The van der Waals surface area contributed by atoms with Gasteiger partial charge in [0.1, 0.15) is 6.21 Å². The number of aliphatic imine (C=N–C) groups is 1. The van der Waals surface area contributed by atoms with Gasteiger partial charge in [-0.3, -0.25) is 0 Å². The van der Waals surface area contributed by atoms with E-state index in [0.29, 0.717) is 4.74 Å². The van der Waals surface area contributed by atoms with E-state index in [2.05, 4.69) is 17.2 Å². The standard InChI is InChI=1S/C3H2N2OS/c6-5-2-1-4-3(5)7/h1-2H. The normalized spacial score (nSPS) is 17.7. The Balaban J connectivity index is 2.89. The minimum atomic E-state index is 0.0833. The Morgan fingerprint density at radius 2 is 2.57 bits per heavy atom. The second-order valence-electron chi connectivity index (χ2n) is 1.04. The average Bonchev–Trinajstić information content (AvgIpc) is 1.91. The van der Waals surface area contributed by atoms with E-state index in [9.17, 15) is 5.21 Å². The third-order valence-corrected chi connectivity index (χ3v) is 0.861. The van der Waals surface area contributed by atoms with Gasteiger partial charge in [-0.2, -0.15) is 0 Å². The molecule has 0 saturated heterocycles. The molecule has 3 nitrogen and oxygen atoms in total. The molecular weight excluding hydrogens is 112 g/mol. The molecule has 0 N–H and O–H groups in total. The molecule has 0 aromatic carbocycles. The van der Waals surface area contributed by atoms with Crippen LogP contribution in [0, 0.1) is 5.21 Å². The van der Waals surface area contributed by atoms with Crippen LogP contribution in [0.15, 0.2) is 4.99 Å². The number of hydrogen-bond donors (Lipinski definition) is 0. The van der Waals surface area contributed by atoms with Crippen molar-refractivity contribution in [1.29, 1.82) is 0 Å². The zero-order valence-electron chi connectivity index (χ0n) is 3.37. The summed E-state index contributed by atoms with van der Waals surface area (Å²) in [6, 6.07) is 0. The maximum atomic E-state index is 10.2. The molecule has 0 aromatic heterocycles. The maximum absolute atomic E-state index is 10.2. The Hall–Kier alpha value is -0.770. The Labute approximate surface area is 45.6 Å². The predicted molar refractivity (Wildman–Crippen MR) is 30.8 cm³/mol. The molecule has 0 bridgehead atoms. The first-order valence-corrected chi connectivity index (χ1v) is 2.09. The van der Waals surface area contributed by atoms with Crippen LogP contribution in [0.25, 0.3) is 0 Å². The highest BCUT2D eigenvalue weighted by molar-refractivity contribution is 7.80. The van der Waals surface area contributed by atoms with Gasteiger partial charge in [-0.05, 0) is 4.99 Å². The van der Waals surface area contributed by atoms with Crippen LogP contribution in [0.3, 0.4) is 0 Å². The molecule has 7 heavy (non-hydrogen) atoms. The van der Waals surface area contributed by atoms with Crippen LogP contribution in [-0.2, 0) is 0 Å². The van der Waals surface area contributed by atoms with Crippen molar-refractivity contribution in [3.63, 3.8) is 0 Å². The van der Waals surface area contributed by atoms with Gasteiger partial charge < -0.3 is 5.21 Å². The number of rotatable bonds is 0. The Morgan fingerprint density at radius 3 is 2.71 bits per heavy atom. The fourth-order valence-corrected chi connectivity index (χ4v) is 0.400. The van der Waals surface area contributed by atoms with Gasteiger partial charge in [-0.25, -0.2) is 4.74 Å². The van der Waals surface area contributed by atoms with Crippen molar-refractivity contribution in [1.82, 2.24) is 0 Å². The second-order valence-corrected chi connectivity index (χ2v) is 1.40. The summed E-state index contributed by atoms with van der Waals surface area (Å²) in [6.07, 6.45) is 2.64. The molecule has 1 heterocycles. The van der Waals surface area contributed by atoms with Gasteiger partial charge in [0.15, 0.2) is 6.21 Å². The van der Waals surface area contributed by atoms with Crippen molar-refractivity contribution in [3.8, 4) is 0 Å². The fourth-order valence-electron chi connectivity index (χ4n) is 0.278. The molecule has 0 fully saturated rings. The lowest BCUT2D eigenvalue weighted by Crippen LogP contribution is -2.03. The summed E-state index contributed by atoms with van der Waals surface area (Å²) in [5.74, 6) is 0. The van der Waals surface area contributed by atoms with Gasteiger partial charge in [0.25, 0.3) is 0 Å². The van der Waals surface area contributed by atoms with E-state index >= 15 is 0 Å². The molecule has 0 amide bonds. The molecule has 0 atom stereocenters. The lowest BCUT2D eigenvalue weighted by atomic mass is 10.8. The van der Waals surface area contributed by atoms with E-state index in [1.54, 1.807) is 0 Å². The quantitative estimate of drug-likeness (QED) is 0.251. The van der Waals surface area contributed by atoms with E-state index in [1.165, 1.54) is 12.4 Å². The Bertz CT molecular complexity index is 160. The van der Waals surface area contributed by atoms with E-state index in [4.69, 9.17) is 0 Å². The fraction of sp³-hybridized carbons (Fsp3) is 0. The van der Waals surface area contributed by atoms with Gasteiger partial charge >= 0.3 is 5.11 Å². The number of thiocarbonyl (C=S) groups is 1. The molecular formula is C3H2N2OS. The maximum Gasteiger partial charge on any atom is 0.395 e. The highest BCUT2D eigenvalue weighted by atomic mass is 32.1. The van der Waals surface area contributed by atoms with Crippen LogP contribution in [0.4, 0.5) is 0 Å². The van der Waals surface area contributed by atoms with Crippen LogP contribution >= 0.6 is 12.2 Å². The van der Waals surface area contributed by atoms with Gasteiger partial charge in [0, 0.05) is 12.2 Å². The van der Waals surface area contributed by atoms with Crippen molar-refractivity contribution in [2.75, 3.05) is 0 Å². The second kappa shape index (κ2) is 1.38. The monoisotopic (exact) mass is 114 g/mol. The summed E-state index contributed by atoms with van der Waals surface area (Å²) in [5, 5.41) is 10.3. The summed E-state index contributed by atoms with van der Waals surface area (Å²) < 4.78 is 0.537. The molecule has 1 aliphatic heterocycles. The summed E-state index contributed by atoms with van der Waals surface area (Å²) in [5.41, 5.74) is 0. The summed E-state index contributed by atoms with van der Waals surface area (Å²) in [4.78, 5) is 3.48. The van der Waals surface area contributed by atoms with Crippen LogP contribution in [-0.4, -0.2) is 22.3 Å². The van der Waals surface area contributed by atoms with Gasteiger partial charge in [-0.15, -0.1) is 0 Å². The predicted octanol–water partition coefficient (Wildman–Crippen LogP) is -0.0632. The highest BCUT2D eigenvalue weighted by Gasteiger charge is 2.05. The van der Waals surface area contributed by atoms with E-state index in [1.807, 2.05) is 0 Å². The number of nitrogens with zero attached hydrogens (tertiary/aromatic N) is 2. The van der Waals surface area contributed by atoms with Crippen molar-refractivity contribution >= 4 is 29.8 Å². The van der Waals surface area contributed by atoms with E-state index in [-0.39, 0.29) is 5.11 Å². The third kappa shape index (κ3) is 0.640. The van der Waals surface area contributed by atoms with Gasteiger partial charge in [-0.1, -0.05) is 0 Å². The molecule has 0 unspecified atom stereocenters. The molecule has 4 heteroatoms. The van der Waals surface area contributed by atoms with Crippen molar-refractivity contribution in [2.24, 2.45) is 4.99 Å². The number of hydroxylamine groups is 1. The first-order chi connectivity index (χ1) is 3.30. The minimum Gasteiger partial charge on any atom is -0.710 e. The van der Waals surface area contributed by atoms with Crippen molar-refractivity contribution < 1.29 is 4.74 Å². The van der Waals surface area contributed by atoms with E-state index < -0.39 is 0 Å². The molecule has 1 rings (SSSR count). The first kappa shape index (κ1) is 4.39. The molecule has 1 aliphatic rings. The van der Waals surface area contributed by atoms with Crippen LogP contribution in [0.5, 0.6) is 0 Å². The van der Waals surface area contributed by atoms with Crippen LogP contribution < -0.4 is 0 Å².